The van der Waals surface area contributed by atoms with Gasteiger partial charge in [-0.1, -0.05) is 23.2 Å². The number of carbonyl (C=O) groups excluding carboxylic acids is 1. The second kappa shape index (κ2) is 7.04. The van der Waals surface area contributed by atoms with Crippen LogP contribution >= 0.6 is 23.2 Å². The van der Waals surface area contributed by atoms with Crippen molar-refractivity contribution in [3.05, 3.63) is 28.2 Å². The molecule has 2 saturated heterocycles. The van der Waals surface area contributed by atoms with E-state index in [1.54, 1.807) is 23.1 Å². The van der Waals surface area contributed by atoms with Gasteiger partial charge in [0.1, 0.15) is 0 Å². The summed E-state index contributed by atoms with van der Waals surface area (Å²) in [6.45, 7) is 3.56. The molecule has 0 aromatic heterocycles. The van der Waals surface area contributed by atoms with Gasteiger partial charge in [0.15, 0.2) is 0 Å². The topological polar surface area (TPSA) is 50.8 Å². The molecule has 2 heterocycles. The molecule has 0 saturated carbocycles. The summed E-state index contributed by atoms with van der Waals surface area (Å²) in [5.74, 6) is 0.499. The Morgan fingerprint density at radius 2 is 2.18 bits per heavy atom. The summed E-state index contributed by atoms with van der Waals surface area (Å²) in [5.41, 5.74) is 0.631. The molecule has 0 spiro atoms. The lowest BCUT2D eigenvalue weighted by Gasteiger charge is -2.39. The number of urea groups is 1. The van der Waals surface area contributed by atoms with Crippen LogP contribution in [0, 0.1) is 5.92 Å². The molecule has 7 heteroatoms. The van der Waals surface area contributed by atoms with Crippen molar-refractivity contribution in [2.75, 3.05) is 38.2 Å². The van der Waals surface area contributed by atoms with E-state index in [9.17, 15) is 4.79 Å². The largest absolute Gasteiger partial charge is 0.381 e. The molecule has 0 bridgehead atoms. The van der Waals surface area contributed by atoms with Crippen LogP contribution in [-0.4, -0.2) is 49.9 Å². The standard InChI is InChI=1S/C15H18Cl2N2O3/c16-13-2-1-11(5-14(13)17)18-15(20)19-6-12(7-19)22-9-10-3-4-21-8-10/h1-2,5,10,12H,3-4,6-9H2,(H,18,20). The second-order valence-electron chi connectivity index (χ2n) is 5.65. The lowest BCUT2D eigenvalue weighted by molar-refractivity contribution is -0.0468. The van der Waals surface area contributed by atoms with E-state index in [0.29, 0.717) is 41.3 Å². The lowest BCUT2D eigenvalue weighted by atomic mass is 10.1. The molecule has 2 fully saturated rings. The lowest BCUT2D eigenvalue weighted by Crippen LogP contribution is -2.56. The molecule has 120 valence electrons. The van der Waals surface area contributed by atoms with Gasteiger partial charge in [0.25, 0.3) is 0 Å². The van der Waals surface area contributed by atoms with Crippen LogP contribution in [0.1, 0.15) is 6.42 Å². The van der Waals surface area contributed by atoms with Crippen LogP contribution in [0.15, 0.2) is 18.2 Å². The Morgan fingerprint density at radius 1 is 1.36 bits per heavy atom. The third-order valence-electron chi connectivity index (χ3n) is 3.90. The van der Waals surface area contributed by atoms with Crippen LogP contribution in [0.5, 0.6) is 0 Å². The van der Waals surface area contributed by atoms with Crippen LogP contribution < -0.4 is 5.32 Å². The van der Waals surface area contributed by atoms with Crippen LogP contribution in [0.25, 0.3) is 0 Å². The summed E-state index contributed by atoms with van der Waals surface area (Å²) in [7, 11) is 0. The minimum Gasteiger partial charge on any atom is -0.381 e. The van der Waals surface area contributed by atoms with Gasteiger partial charge in [0.2, 0.25) is 0 Å². The van der Waals surface area contributed by atoms with Crippen molar-refractivity contribution in [1.29, 1.82) is 0 Å². The number of ether oxygens (including phenoxy) is 2. The van der Waals surface area contributed by atoms with Crippen LogP contribution in [-0.2, 0) is 9.47 Å². The van der Waals surface area contributed by atoms with E-state index in [1.165, 1.54) is 0 Å². The minimum absolute atomic E-state index is 0.125. The summed E-state index contributed by atoms with van der Waals surface area (Å²) < 4.78 is 11.1. The van der Waals surface area contributed by atoms with Gasteiger partial charge in [-0.15, -0.1) is 0 Å². The Balaban J connectivity index is 1.40. The molecular formula is C15H18Cl2N2O3. The van der Waals surface area contributed by atoms with Gasteiger partial charge < -0.3 is 19.7 Å². The summed E-state index contributed by atoms with van der Waals surface area (Å²) in [6, 6.07) is 4.86. The summed E-state index contributed by atoms with van der Waals surface area (Å²) in [4.78, 5) is 13.8. The van der Waals surface area contributed by atoms with Crippen LogP contribution in [0.2, 0.25) is 10.0 Å². The number of hydrogen-bond acceptors (Lipinski definition) is 3. The zero-order chi connectivity index (χ0) is 15.5. The van der Waals surface area contributed by atoms with Crippen molar-refractivity contribution in [2.24, 2.45) is 5.92 Å². The number of carbonyl (C=O) groups is 1. The number of nitrogens with zero attached hydrogens (tertiary/aromatic N) is 1. The van der Waals surface area contributed by atoms with E-state index in [2.05, 4.69) is 5.32 Å². The number of halogens is 2. The Morgan fingerprint density at radius 3 is 2.86 bits per heavy atom. The molecule has 1 atom stereocenters. The molecule has 2 amide bonds. The van der Waals surface area contributed by atoms with E-state index in [-0.39, 0.29) is 12.1 Å². The molecule has 1 unspecified atom stereocenters. The Kier molecular flexibility index (Phi) is 5.08. The van der Waals surface area contributed by atoms with Gasteiger partial charge in [-0.2, -0.15) is 0 Å². The first-order chi connectivity index (χ1) is 10.6. The highest BCUT2D eigenvalue weighted by atomic mass is 35.5. The van der Waals surface area contributed by atoms with E-state index < -0.39 is 0 Å². The highest BCUT2D eigenvalue weighted by Crippen LogP contribution is 2.25. The van der Waals surface area contributed by atoms with Gasteiger partial charge in [-0.25, -0.2) is 4.79 Å². The van der Waals surface area contributed by atoms with Crippen molar-refractivity contribution in [3.63, 3.8) is 0 Å². The number of nitrogens with one attached hydrogen (secondary N) is 1. The number of likely N-dealkylation sites (tertiary alicyclic amines) is 1. The highest BCUT2D eigenvalue weighted by Gasteiger charge is 2.32. The summed E-state index contributed by atoms with van der Waals surface area (Å²) >= 11 is 11.8. The predicted molar refractivity (Wildman–Crippen MR) is 85.7 cm³/mol. The van der Waals surface area contributed by atoms with Crippen molar-refractivity contribution in [3.8, 4) is 0 Å². The molecule has 3 rings (SSSR count). The van der Waals surface area contributed by atoms with Crippen molar-refractivity contribution >= 4 is 34.9 Å². The van der Waals surface area contributed by atoms with Crippen LogP contribution in [0.4, 0.5) is 10.5 Å². The molecule has 0 radical (unpaired) electrons. The number of hydrogen-bond donors (Lipinski definition) is 1. The minimum atomic E-state index is -0.151. The average molecular weight is 345 g/mol. The number of amides is 2. The summed E-state index contributed by atoms with van der Waals surface area (Å²) in [6.07, 6.45) is 1.19. The van der Waals surface area contributed by atoms with E-state index in [0.717, 1.165) is 19.6 Å². The third-order valence-corrected chi connectivity index (χ3v) is 4.64. The molecule has 2 aliphatic heterocycles. The molecule has 0 aliphatic carbocycles. The fourth-order valence-electron chi connectivity index (χ4n) is 2.47. The molecular weight excluding hydrogens is 327 g/mol. The Hall–Kier alpha value is -1.01. The van der Waals surface area contributed by atoms with Gasteiger partial charge in [-0.05, 0) is 24.6 Å². The third kappa shape index (κ3) is 3.84. The molecule has 22 heavy (non-hydrogen) atoms. The SMILES string of the molecule is O=C(Nc1ccc(Cl)c(Cl)c1)N1CC(OCC2CCOC2)C1. The van der Waals surface area contributed by atoms with E-state index in [1.807, 2.05) is 0 Å². The first kappa shape index (κ1) is 15.9. The Labute approximate surface area is 139 Å². The smallest absolute Gasteiger partial charge is 0.322 e. The van der Waals surface area contributed by atoms with Gasteiger partial charge in [-0.3, -0.25) is 0 Å². The van der Waals surface area contributed by atoms with Gasteiger partial charge >= 0.3 is 6.03 Å². The van der Waals surface area contributed by atoms with Gasteiger partial charge in [0.05, 0.1) is 42.5 Å². The number of benzene rings is 1. The summed E-state index contributed by atoms with van der Waals surface area (Å²) in [5, 5.41) is 3.68. The fourth-order valence-corrected chi connectivity index (χ4v) is 2.77. The Bertz CT molecular complexity index is 544. The van der Waals surface area contributed by atoms with E-state index >= 15 is 0 Å². The molecule has 1 aromatic rings. The molecule has 2 aliphatic rings. The maximum atomic E-state index is 12.1. The van der Waals surface area contributed by atoms with Crippen molar-refractivity contribution in [2.45, 2.75) is 12.5 Å². The second-order valence-corrected chi connectivity index (χ2v) is 6.46. The van der Waals surface area contributed by atoms with Crippen molar-refractivity contribution in [1.82, 2.24) is 4.90 Å². The maximum Gasteiger partial charge on any atom is 0.322 e. The van der Waals surface area contributed by atoms with Gasteiger partial charge in [0, 0.05) is 18.2 Å². The zero-order valence-electron chi connectivity index (χ0n) is 12.1. The molecule has 5 nitrogen and oxygen atoms in total. The van der Waals surface area contributed by atoms with Crippen LogP contribution in [0.3, 0.4) is 0 Å². The molecule has 1 N–H and O–H groups in total. The maximum absolute atomic E-state index is 12.1. The predicted octanol–water partition coefficient (Wildman–Crippen LogP) is 3.26. The van der Waals surface area contributed by atoms with E-state index in [4.69, 9.17) is 32.7 Å². The quantitative estimate of drug-likeness (QED) is 0.911. The highest BCUT2D eigenvalue weighted by molar-refractivity contribution is 6.42. The fraction of sp³-hybridized carbons (Fsp3) is 0.533. The number of rotatable bonds is 4. The first-order valence-electron chi connectivity index (χ1n) is 7.32. The first-order valence-corrected chi connectivity index (χ1v) is 8.08. The number of anilines is 1. The zero-order valence-corrected chi connectivity index (χ0v) is 13.6. The monoisotopic (exact) mass is 344 g/mol. The normalized spacial score (nSPS) is 21.7. The average Bonchev–Trinajstić information content (AvgIpc) is 2.94. The van der Waals surface area contributed by atoms with Crippen molar-refractivity contribution < 1.29 is 14.3 Å². The molecule has 1 aromatic carbocycles.